The zero-order valence-electron chi connectivity index (χ0n) is 14.7. The van der Waals surface area contributed by atoms with Crippen molar-refractivity contribution in [3.05, 3.63) is 52.9 Å². The van der Waals surface area contributed by atoms with Crippen LogP contribution in [-0.4, -0.2) is 21.1 Å². The smallest absolute Gasteiger partial charge is 0.239 e. The van der Waals surface area contributed by atoms with E-state index in [4.69, 9.17) is 11.0 Å². The maximum atomic E-state index is 12.5. The maximum Gasteiger partial charge on any atom is 0.239 e. The number of carbonyl (C=O) groups excluding carboxylic acids is 1. The number of nitriles is 2. The van der Waals surface area contributed by atoms with E-state index in [1.54, 1.807) is 6.92 Å². The van der Waals surface area contributed by atoms with Crippen LogP contribution in [-0.2, 0) is 4.79 Å². The van der Waals surface area contributed by atoms with Crippen molar-refractivity contribution in [1.29, 1.82) is 10.5 Å². The second kappa shape index (κ2) is 8.53. The Morgan fingerprint density at radius 1 is 1.21 bits per heavy atom. The van der Waals surface area contributed by atoms with E-state index in [0.717, 1.165) is 23.0 Å². The van der Waals surface area contributed by atoms with Crippen LogP contribution in [0.25, 0.3) is 11.3 Å². The van der Waals surface area contributed by atoms with Gasteiger partial charge >= 0.3 is 0 Å². The lowest BCUT2D eigenvalue weighted by Gasteiger charge is -2.11. The summed E-state index contributed by atoms with van der Waals surface area (Å²) in [5.74, 6) is -0.239. The Hall–Kier alpha value is -3.40. The van der Waals surface area contributed by atoms with E-state index in [1.165, 1.54) is 17.4 Å². The van der Waals surface area contributed by atoms with Crippen molar-refractivity contribution in [3.63, 3.8) is 0 Å². The SMILES string of the molecule is C[C@H](Sc1nc(N)c(C#N)cc1C#N)C(=O)Nc1nc(-c2ccccc2)cs1. The first-order valence-electron chi connectivity index (χ1n) is 8.11. The standard InChI is InChI=1S/C19H14N6OS2/c1-11(28-18-14(9-21)7-13(8-20)16(22)24-18)17(26)25-19-23-15(10-27-19)12-5-3-2-4-6-12/h2-7,10-11H,1H3,(H2,22,24)(H,23,25,26)/t11-/m0/s1. The average molecular weight is 406 g/mol. The molecule has 7 nitrogen and oxygen atoms in total. The predicted octanol–water partition coefficient (Wildman–Crippen LogP) is 3.65. The number of hydrogen-bond donors (Lipinski definition) is 2. The molecule has 0 spiro atoms. The fraction of sp³-hybridized carbons (Fsp3) is 0.105. The first kappa shape index (κ1) is 19.4. The third-order valence-corrected chi connectivity index (χ3v) is 5.58. The van der Waals surface area contributed by atoms with Crippen LogP contribution >= 0.6 is 23.1 Å². The fourth-order valence-electron chi connectivity index (χ4n) is 2.27. The minimum atomic E-state index is -0.545. The molecule has 0 radical (unpaired) electrons. The molecule has 9 heteroatoms. The monoisotopic (exact) mass is 406 g/mol. The molecule has 0 unspecified atom stereocenters. The molecule has 0 aliphatic carbocycles. The molecule has 3 aromatic rings. The largest absolute Gasteiger partial charge is 0.383 e. The number of nitrogens with zero attached hydrogens (tertiary/aromatic N) is 4. The van der Waals surface area contributed by atoms with Crippen molar-refractivity contribution in [2.24, 2.45) is 0 Å². The molecule has 3 rings (SSSR count). The summed E-state index contributed by atoms with van der Waals surface area (Å²) in [6.07, 6.45) is 0. The number of hydrogen-bond acceptors (Lipinski definition) is 8. The highest BCUT2D eigenvalue weighted by Crippen LogP contribution is 2.29. The molecule has 0 saturated heterocycles. The lowest BCUT2D eigenvalue weighted by atomic mass is 10.2. The van der Waals surface area contributed by atoms with Gasteiger partial charge < -0.3 is 11.1 Å². The Morgan fingerprint density at radius 3 is 2.61 bits per heavy atom. The second-order valence-corrected chi connectivity index (χ2v) is 7.84. The van der Waals surface area contributed by atoms with Crippen molar-refractivity contribution in [2.45, 2.75) is 17.2 Å². The van der Waals surface area contributed by atoms with Gasteiger partial charge in [-0.05, 0) is 13.0 Å². The Balaban J connectivity index is 1.71. The van der Waals surface area contributed by atoms with Gasteiger partial charge in [-0.25, -0.2) is 9.97 Å². The molecule has 1 amide bonds. The van der Waals surface area contributed by atoms with Gasteiger partial charge in [-0.2, -0.15) is 10.5 Å². The zero-order chi connectivity index (χ0) is 20.1. The fourth-order valence-corrected chi connectivity index (χ4v) is 3.88. The molecular weight excluding hydrogens is 392 g/mol. The Bertz CT molecular complexity index is 1100. The normalized spacial score (nSPS) is 11.2. The molecule has 0 fully saturated rings. The summed E-state index contributed by atoms with van der Waals surface area (Å²) in [6.45, 7) is 1.70. The van der Waals surface area contributed by atoms with E-state index in [2.05, 4.69) is 15.3 Å². The third-order valence-electron chi connectivity index (χ3n) is 3.72. The number of anilines is 2. The van der Waals surface area contributed by atoms with E-state index in [1.807, 2.05) is 47.9 Å². The Morgan fingerprint density at radius 2 is 1.93 bits per heavy atom. The number of rotatable bonds is 5. The lowest BCUT2D eigenvalue weighted by molar-refractivity contribution is -0.115. The Kier molecular flexibility index (Phi) is 5.90. The van der Waals surface area contributed by atoms with Gasteiger partial charge in [0.2, 0.25) is 5.91 Å². The van der Waals surface area contributed by atoms with Crippen LogP contribution in [0, 0.1) is 22.7 Å². The molecule has 28 heavy (non-hydrogen) atoms. The van der Waals surface area contributed by atoms with Crippen molar-refractivity contribution >= 4 is 40.0 Å². The van der Waals surface area contributed by atoms with Crippen LogP contribution in [0.2, 0.25) is 0 Å². The van der Waals surface area contributed by atoms with Gasteiger partial charge in [-0.3, -0.25) is 4.79 Å². The van der Waals surface area contributed by atoms with Gasteiger partial charge in [0.15, 0.2) is 5.13 Å². The van der Waals surface area contributed by atoms with Gasteiger partial charge in [-0.1, -0.05) is 42.1 Å². The predicted molar refractivity (Wildman–Crippen MR) is 110 cm³/mol. The molecule has 1 atom stereocenters. The van der Waals surface area contributed by atoms with Crippen LogP contribution in [0.15, 0.2) is 46.8 Å². The van der Waals surface area contributed by atoms with E-state index in [9.17, 15) is 10.1 Å². The summed E-state index contributed by atoms with van der Waals surface area (Å²) in [6, 6.07) is 14.9. The molecule has 0 aliphatic heterocycles. The van der Waals surface area contributed by atoms with E-state index >= 15 is 0 Å². The number of thioether (sulfide) groups is 1. The Labute approximate surface area is 169 Å². The number of nitrogens with one attached hydrogen (secondary N) is 1. The third kappa shape index (κ3) is 4.29. The summed E-state index contributed by atoms with van der Waals surface area (Å²) in [5.41, 5.74) is 7.82. The number of amides is 1. The van der Waals surface area contributed by atoms with Crippen molar-refractivity contribution in [3.8, 4) is 23.4 Å². The molecule has 0 aliphatic rings. The summed E-state index contributed by atoms with van der Waals surface area (Å²) >= 11 is 2.44. The van der Waals surface area contributed by atoms with E-state index in [-0.39, 0.29) is 22.9 Å². The first-order chi connectivity index (χ1) is 13.5. The van der Waals surface area contributed by atoms with Crippen LogP contribution < -0.4 is 11.1 Å². The average Bonchev–Trinajstić information content (AvgIpc) is 3.17. The number of pyridine rings is 1. The summed E-state index contributed by atoms with van der Waals surface area (Å²) in [4.78, 5) is 21.0. The second-order valence-electron chi connectivity index (χ2n) is 5.65. The lowest BCUT2D eigenvalue weighted by Crippen LogP contribution is -2.22. The van der Waals surface area contributed by atoms with Crippen LogP contribution in [0.1, 0.15) is 18.1 Å². The number of nitrogens with two attached hydrogens (primary N) is 1. The highest BCUT2D eigenvalue weighted by atomic mass is 32.2. The van der Waals surface area contributed by atoms with Gasteiger partial charge in [0.05, 0.1) is 22.1 Å². The molecule has 2 heterocycles. The molecule has 0 saturated carbocycles. The number of thiazole rings is 1. The van der Waals surface area contributed by atoms with Crippen molar-refractivity contribution < 1.29 is 4.79 Å². The van der Waals surface area contributed by atoms with Crippen LogP contribution in [0.5, 0.6) is 0 Å². The van der Waals surface area contributed by atoms with Gasteiger partial charge in [0.25, 0.3) is 0 Å². The minimum Gasteiger partial charge on any atom is -0.383 e. The molecule has 2 aromatic heterocycles. The molecule has 0 bridgehead atoms. The number of nitrogen functional groups attached to an aromatic ring is 1. The van der Waals surface area contributed by atoms with Crippen molar-refractivity contribution in [2.75, 3.05) is 11.1 Å². The number of carbonyl (C=O) groups is 1. The molecule has 138 valence electrons. The molecule has 3 N–H and O–H groups in total. The van der Waals surface area contributed by atoms with Gasteiger partial charge in [-0.15, -0.1) is 11.3 Å². The van der Waals surface area contributed by atoms with Crippen LogP contribution in [0.4, 0.5) is 10.9 Å². The molecular formula is C19H14N6OS2. The summed E-state index contributed by atoms with van der Waals surface area (Å²) in [5, 5.41) is 23.2. The summed E-state index contributed by atoms with van der Waals surface area (Å²) in [7, 11) is 0. The number of aromatic nitrogens is 2. The van der Waals surface area contributed by atoms with Gasteiger partial charge in [0, 0.05) is 10.9 Å². The van der Waals surface area contributed by atoms with E-state index < -0.39 is 5.25 Å². The van der Waals surface area contributed by atoms with Crippen molar-refractivity contribution in [1.82, 2.24) is 9.97 Å². The first-order valence-corrected chi connectivity index (χ1v) is 9.87. The topological polar surface area (TPSA) is 128 Å². The number of benzene rings is 1. The van der Waals surface area contributed by atoms with Crippen LogP contribution in [0.3, 0.4) is 0 Å². The van der Waals surface area contributed by atoms with E-state index in [0.29, 0.717) is 10.2 Å². The quantitative estimate of drug-likeness (QED) is 0.619. The zero-order valence-corrected chi connectivity index (χ0v) is 16.3. The minimum absolute atomic E-state index is 0.0315. The summed E-state index contributed by atoms with van der Waals surface area (Å²) < 4.78 is 0. The maximum absolute atomic E-state index is 12.5. The highest BCUT2D eigenvalue weighted by molar-refractivity contribution is 8.00. The molecule has 1 aromatic carbocycles. The highest BCUT2D eigenvalue weighted by Gasteiger charge is 2.20. The van der Waals surface area contributed by atoms with Gasteiger partial charge in [0.1, 0.15) is 23.0 Å².